The summed E-state index contributed by atoms with van der Waals surface area (Å²) < 4.78 is 1.69. The molecule has 0 aromatic carbocycles. The lowest BCUT2D eigenvalue weighted by molar-refractivity contribution is 0.102. The van der Waals surface area contributed by atoms with Crippen molar-refractivity contribution < 1.29 is 4.79 Å². The topological polar surface area (TPSA) is 71.8 Å². The lowest BCUT2D eigenvalue weighted by Gasteiger charge is -2.20. The summed E-state index contributed by atoms with van der Waals surface area (Å²) in [5.41, 5.74) is 1.44. The molecule has 21 heavy (non-hydrogen) atoms. The van der Waals surface area contributed by atoms with Crippen LogP contribution < -0.4 is 10.6 Å². The van der Waals surface area contributed by atoms with Crippen molar-refractivity contribution in [3.63, 3.8) is 0 Å². The molecule has 2 aromatic rings. The third kappa shape index (κ3) is 2.98. The molecule has 1 saturated heterocycles. The molecule has 1 amide bonds. The summed E-state index contributed by atoms with van der Waals surface area (Å²) in [5, 5.41) is 11.0. The van der Waals surface area contributed by atoms with E-state index in [1.165, 1.54) is 4.88 Å². The number of aryl methyl sites for hydroxylation is 1. The van der Waals surface area contributed by atoms with Crippen LogP contribution in [0.5, 0.6) is 0 Å². The van der Waals surface area contributed by atoms with Crippen molar-refractivity contribution >= 4 is 22.4 Å². The number of rotatable bonds is 3. The van der Waals surface area contributed by atoms with E-state index in [1.807, 2.05) is 20.2 Å². The van der Waals surface area contributed by atoms with Gasteiger partial charge in [-0.3, -0.25) is 14.8 Å². The normalized spacial score (nSPS) is 16.1. The van der Waals surface area contributed by atoms with Crippen LogP contribution in [0.25, 0.3) is 0 Å². The fourth-order valence-electron chi connectivity index (χ4n) is 2.53. The molecule has 1 aliphatic heterocycles. The Balaban J connectivity index is 1.69. The number of piperidine rings is 1. The number of aromatic nitrogens is 3. The van der Waals surface area contributed by atoms with Crippen LogP contribution in [-0.4, -0.2) is 33.8 Å². The Bertz CT molecular complexity index is 642. The summed E-state index contributed by atoms with van der Waals surface area (Å²) in [6.45, 7) is 3.99. The predicted octanol–water partition coefficient (Wildman–Crippen LogP) is 1.90. The van der Waals surface area contributed by atoms with Crippen molar-refractivity contribution in [1.29, 1.82) is 0 Å². The maximum atomic E-state index is 12.2. The van der Waals surface area contributed by atoms with Gasteiger partial charge >= 0.3 is 0 Å². The van der Waals surface area contributed by atoms with Crippen molar-refractivity contribution in [2.75, 3.05) is 18.4 Å². The van der Waals surface area contributed by atoms with Crippen LogP contribution in [0.1, 0.15) is 39.7 Å². The fourth-order valence-corrected chi connectivity index (χ4v) is 3.51. The predicted molar refractivity (Wildman–Crippen MR) is 82.9 cm³/mol. The average Bonchev–Trinajstić information content (AvgIpc) is 3.08. The van der Waals surface area contributed by atoms with Gasteiger partial charge in [0.05, 0.1) is 11.8 Å². The van der Waals surface area contributed by atoms with Crippen molar-refractivity contribution in [1.82, 2.24) is 20.1 Å². The molecule has 1 fully saturated rings. The zero-order valence-electron chi connectivity index (χ0n) is 12.2. The highest BCUT2D eigenvalue weighted by Crippen LogP contribution is 2.31. The molecule has 0 radical (unpaired) electrons. The molecule has 3 rings (SSSR count). The Kier molecular flexibility index (Phi) is 4.03. The number of nitrogens with one attached hydrogen (secondary N) is 2. The van der Waals surface area contributed by atoms with Crippen molar-refractivity contribution in [2.24, 2.45) is 7.05 Å². The quantitative estimate of drug-likeness (QED) is 0.908. The minimum absolute atomic E-state index is 0.146. The van der Waals surface area contributed by atoms with E-state index in [0.29, 0.717) is 16.6 Å². The molecule has 0 atom stereocenters. The molecule has 0 aliphatic carbocycles. The molecule has 3 heterocycles. The van der Waals surface area contributed by atoms with Crippen LogP contribution in [0.15, 0.2) is 12.4 Å². The van der Waals surface area contributed by atoms with Gasteiger partial charge in [0.1, 0.15) is 0 Å². The summed E-state index contributed by atoms with van der Waals surface area (Å²) in [4.78, 5) is 17.8. The number of thiazole rings is 1. The van der Waals surface area contributed by atoms with Crippen LogP contribution in [-0.2, 0) is 7.05 Å². The monoisotopic (exact) mass is 305 g/mol. The molecule has 2 aromatic heterocycles. The van der Waals surface area contributed by atoms with Gasteiger partial charge in [-0.25, -0.2) is 4.98 Å². The SMILES string of the molecule is Cc1c(C(=O)Nc2ncc(C3CCNCC3)s2)cnn1C. The van der Waals surface area contributed by atoms with Crippen molar-refractivity contribution in [3.8, 4) is 0 Å². The van der Waals surface area contributed by atoms with Gasteiger partial charge in [0.15, 0.2) is 5.13 Å². The molecular formula is C14H19N5OS. The van der Waals surface area contributed by atoms with Gasteiger partial charge in [-0.1, -0.05) is 0 Å². The van der Waals surface area contributed by atoms with Gasteiger partial charge in [-0.15, -0.1) is 11.3 Å². The third-order valence-electron chi connectivity index (χ3n) is 3.97. The van der Waals surface area contributed by atoms with Crippen LogP contribution in [0.2, 0.25) is 0 Å². The molecule has 1 aliphatic rings. The Morgan fingerprint density at radius 1 is 1.43 bits per heavy atom. The van der Waals surface area contributed by atoms with Gasteiger partial charge < -0.3 is 5.32 Å². The Labute approximate surface area is 127 Å². The minimum atomic E-state index is -0.146. The highest BCUT2D eigenvalue weighted by Gasteiger charge is 2.19. The van der Waals surface area contributed by atoms with Gasteiger partial charge in [0.2, 0.25) is 0 Å². The van der Waals surface area contributed by atoms with E-state index in [0.717, 1.165) is 31.6 Å². The third-order valence-corrected chi connectivity index (χ3v) is 5.04. The van der Waals surface area contributed by atoms with E-state index >= 15 is 0 Å². The first-order valence-electron chi connectivity index (χ1n) is 7.11. The number of hydrogen-bond donors (Lipinski definition) is 2. The van der Waals surface area contributed by atoms with Gasteiger partial charge in [0.25, 0.3) is 5.91 Å². The van der Waals surface area contributed by atoms with Crippen LogP contribution >= 0.6 is 11.3 Å². The van der Waals surface area contributed by atoms with E-state index in [-0.39, 0.29) is 5.91 Å². The molecule has 0 spiro atoms. The molecule has 0 bridgehead atoms. The molecule has 2 N–H and O–H groups in total. The second-order valence-electron chi connectivity index (χ2n) is 5.31. The van der Waals surface area contributed by atoms with Crippen molar-refractivity contribution in [2.45, 2.75) is 25.7 Å². The highest BCUT2D eigenvalue weighted by atomic mass is 32.1. The second kappa shape index (κ2) is 5.95. The van der Waals surface area contributed by atoms with E-state index in [4.69, 9.17) is 0 Å². The molecule has 6 nitrogen and oxygen atoms in total. The smallest absolute Gasteiger partial charge is 0.260 e. The summed E-state index contributed by atoms with van der Waals surface area (Å²) >= 11 is 1.58. The first kappa shape index (κ1) is 14.2. The maximum Gasteiger partial charge on any atom is 0.260 e. The van der Waals surface area contributed by atoms with E-state index in [1.54, 1.807) is 22.2 Å². The van der Waals surface area contributed by atoms with Gasteiger partial charge in [-0.05, 0) is 38.8 Å². The summed E-state index contributed by atoms with van der Waals surface area (Å²) in [5.74, 6) is 0.418. The van der Waals surface area contributed by atoms with Crippen LogP contribution in [0.3, 0.4) is 0 Å². The molecular weight excluding hydrogens is 286 g/mol. The lowest BCUT2D eigenvalue weighted by Crippen LogP contribution is -2.26. The number of amides is 1. The molecule has 0 saturated carbocycles. The summed E-state index contributed by atoms with van der Waals surface area (Å²) in [6.07, 6.45) is 5.76. The first-order chi connectivity index (χ1) is 10.1. The average molecular weight is 305 g/mol. The van der Waals surface area contributed by atoms with Crippen LogP contribution in [0, 0.1) is 6.92 Å². The number of anilines is 1. The molecule has 7 heteroatoms. The lowest BCUT2D eigenvalue weighted by atomic mass is 9.97. The number of carbonyl (C=O) groups is 1. The number of carbonyl (C=O) groups excluding carboxylic acids is 1. The van der Waals surface area contributed by atoms with Gasteiger partial charge in [-0.2, -0.15) is 5.10 Å². The largest absolute Gasteiger partial charge is 0.317 e. The fraction of sp³-hybridized carbons (Fsp3) is 0.500. The summed E-state index contributed by atoms with van der Waals surface area (Å²) in [7, 11) is 1.82. The molecule has 112 valence electrons. The maximum absolute atomic E-state index is 12.2. The zero-order valence-corrected chi connectivity index (χ0v) is 13.0. The highest BCUT2D eigenvalue weighted by molar-refractivity contribution is 7.15. The zero-order chi connectivity index (χ0) is 14.8. The van der Waals surface area contributed by atoms with E-state index in [2.05, 4.69) is 20.7 Å². The summed E-state index contributed by atoms with van der Waals surface area (Å²) in [6, 6.07) is 0. The van der Waals surface area contributed by atoms with Crippen molar-refractivity contribution in [3.05, 3.63) is 28.5 Å². The first-order valence-corrected chi connectivity index (χ1v) is 7.93. The second-order valence-corrected chi connectivity index (χ2v) is 6.38. The molecule has 0 unspecified atom stereocenters. The van der Waals surface area contributed by atoms with E-state index in [9.17, 15) is 4.79 Å². The number of hydrogen-bond acceptors (Lipinski definition) is 5. The Morgan fingerprint density at radius 3 is 2.86 bits per heavy atom. The Morgan fingerprint density at radius 2 is 2.19 bits per heavy atom. The number of nitrogens with zero attached hydrogens (tertiary/aromatic N) is 3. The van der Waals surface area contributed by atoms with E-state index < -0.39 is 0 Å². The minimum Gasteiger partial charge on any atom is -0.317 e. The van der Waals surface area contributed by atoms with Gasteiger partial charge in [0, 0.05) is 23.8 Å². The van der Waals surface area contributed by atoms with Crippen LogP contribution in [0.4, 0.5) is 5.13 Å². The Hall–Kier alpha value is -1.73. The standard InChI is InChI=1S/C14H19N5OS/c1-9-11(7-17-19(9)2)13(20)18-14-16-8-12(21-14)10-3-5-15-6-4-10/h7-8,10,15H,3-6H2,1-2H3,(H,16,18,20).